The van der Waals surface area contributed by atoms with E-state index in [2.05, 4.69) is 4.98 Å². The summed E-state index contributed by atoms with van der Waals surface area (Å²) >= 11 is 0. The summed E-state index contributed by atoms with van der Waals surface area (Å²) in [5.74, 6) is -1.23. The van der Waals surface area contributed by atoms with E-state index < -0.39 is 17.0 Å². The zero-order chi connectivity index (χ0) is 20.4. The van der Waals surface area contributed by atoms with Gasteiger partial charge in [-0.1, -0.05) is 42.5 Å². The molecule has 0 atom stereocenters. The van der Waals surface area contributed by atoms with Gasteiger partial charge in [-0.25, -0.2) is 8.78 Å². The molecule has 0 saturated heterocycles. The van der Waals surface area contributed by atoms with Crippen LogP contribution >= 0.6 is 0 Å². The minimum Gasteiger partial charge on any atom is -0.252 e. The Morgan fingerprint density at radius 2 is 1.28 bits per heavy atom. The van der Waals surface area contributed by atoms with Gasteiger partial charge in [0.1, 0.15) is 11.6 Å². The van der Waals surface area contributed by atoms with Gasteiger partial charge < -0.3 is 0 Å². The van der Waals surface area contributed by atoms with Crippen molar-refractivity contribution < 1.29 is 8.78 Å². The molecule has 0 N–H and O–H groups in total. The van der Waals surface area contributed by atoms with E-state index in [0.717, 1.165) is 28.7 Å². The Morgan fingerprint density at radius 3 is 1.93 bits per heavy atom. The van der Waals surface area contributed by atoms with Gasteiger partial charge in [0.25, 0.3) is 0 Å². The highest BCUT2D eigenvalue weighted by atomic mass is 19.1. The minimum atomic E-state index is -0.628. The molecule has 0 unspecified atom stereocenters. The maximum Gasteiger partial charge on any atom is 0.135 e. The number of rotatable bonds is 4. The van der Waals surface area contributed by atoms with Crippen LogP contribution in [0, 0.1) is 11.6 Å². The third-order valence-corrected chi connectivity index (χ3v) is 5.06. The first-order chi connectivity index (χ1) is 13.9. The Labute approximate surface area is 168 Å². The van der Waals surface area contributed by atoms with E-state index >= 15 is 0 Å². The van der Waals surface area contributed by atoms with Crippen molar-refractivity contribution in [3.63, 3.8) is 0 Å². The first kappa shape index (κ1) is 18.9. The van der Waals surface area contributed by atoms with Crippen LogP contribution in [0.4, 0.5) is 8.78 Å². The molecule has 29 heavy (non-hydrogen) atoms. The first-order valence-corrected chi connectivity index (χ1v) is 9.41. The highest BCUT2D eigenvalue weighted by molar-refractivity contribution is 5.61. The van der Waals surface area contributed by atoms with Crippen molar-refractivity contribution in [1.29, 1.82) is 0 Å². The molecule has 0 fully saturated rings. The fraction of sp³-hybridized carbons (Fsp3) is 0.120. The molecule has 4 heteroatoms. The SMILES string of the molecule is CC(C)(c1cccc(-c2ccccc2)n1)c1cccc(-c2ccc(F)cc2F)n1. The first-order valence-electron chi connectivity index (χ1n) is 9.41. The van der Waals surface area contributed by atoms with Gasteiger partial charge >= 0.3 is 0 Å². The molecule has 0 amide bonds. The van der Waals surface area contributed by atoms with Crippen LogP contribution in [-0.4, -0.2) is 9.97 Å². The largest absolute Gasteiger partial charge is 0.252 e. The Kier molecular flexibility index (Phi) is 4.93. The minimum absolute atomic E-state index is 0.273. The molecule has 0 aliphatic heterocycles. The lowest BCUT2D eigenvalue weighted by atomic mass is 9.84. The zero-order valence-electron chi connectivity index (χ0n) is 16.2. The molecule has 4 aromatic rings. The molecule has 144 valence electrons. The number of nitrogens with zero attached hydrogens (tertiary/aromatic N) is 2. The van der Waals surface area contributed by atoms with Crippen LogP contribution in [0.25, 0.3) is 22.5 Å². The lowest BCUT2D eigenvalue weighted by molar-refractivity contribution is 0.583. The molecule has 0 radical (unpaired) electrons. The van der Waals surface area contributed by atoms with E-state index in [1.165, 1.54) is 12.1 Å². The summed E-state index contributed by atoms with van der Waals surface area (Å²) in [5.41, 5.74) is 3.79. The smallest absolute Gasteiger partial charge is 0.135 e. The van der Waals surface area contributed by atoms with E-state index in [1.807, 2.05) is 74.5 Å². The van der Waals surface area contributed by atoms with Crippen LogP contribution in [-0.2, 0) is 5.41 Å². The fourth-order valence-electron chi connectivity index (χ4n) is 3.31. The maximum absolute atomic E-state index is 14.2. The summed E-state index contributed by atoms with van der Waals surface area (Å²) in [5, 5.41) is 0. The molecule has 2 aromatic heterocycles. The fourth-order valence-corrected chi connectivity index (χ4v) is 3.31. The van der Waals surface area contributed by atoms with E-state index in [9.17, 15) is 8.78 Å². The third-order valence-electron chi connectivity index (χ3n) is 5.06. The topological polar surface area (TPSA) is 25.8 Å². The number of pyridine rings is 2. The normalized spacial score (nSPS) is 11.4. The van der Waals surface area contributed by atoms with Gasteiger partial charge in [0.05, 0.1) is 22.8 Å². The predicted molar refractivity (Wildman–Crippen MR) is 111 cm³/mol. The Balaban J connectivity index is 1.75. The van der Waals surface area contributed by atoms with Gasteiger partial charge in [0.15, 0.2) is 0 Å². The number of hydrogen-bond donors (Lipinski definition) is 0. The van der Waals surface area contributed by atoms with Crippen molar-refractivity contribution in [1.82, 2.24) is 9.97 Å². The average molecular weight is 386 g/mol. The Bertz CT molecular complexity index is 1150. The molecule has 2 nitrogen and oxygen atoms in total. The third kappa shape index (κ3) is 3.79. The highest BCUT2D eigenvalue weighted by Crippen LogP contribution is 2.32. The van der Waals surface area contributed by atoms with Gasteiger partial charge in [0, 0.05) is 22.6 Å². The Hall–Kier alpha value is -3.40. The summed E-state index contributed by atoms with van der Waals surface area (Å²) in [6.07, 6.45) is 0. The second-order valence-corrected chi connectivity index (χ2v) is 7.43. The second-order valence-electron chi connectivity index (χ2n) is 7.43. The molecule has 2 aromatic carbocycles. The van der Waals surface area contributed by atoms with Gasteiger partial charge in [-0.05, 0) is 50.2 Å². The molecule has 0 aliphatic rings. The van der Waals surface area contributed by atoms with E-state index in [1.54, 1.807) is 6.07 Å². The molecule has 0 aliphatic carbocycles. The summed E-state index contributed by atoms with van der Waals surface area (Å²) in [4.78, 5) is 9.54. The highest BCUT2D eigenvalue weighted by Gasteiger charge is 2.27. The Morgan fingerprint density at radius 1 is 0.655 bits per heavy atom. The molecule has 0 bridgehead atoms. The second kappa shape index (κ2) is 7.55. The quantitative estimate of drug-likeness (QED) is 0.405. The van der Waals surface area contributed by atoms with Crippen molar-refractivity contribution in [2.24, 2.45) is 0 Å². The number of aromatic nitrogens is 2. The zero-order valence-corrected chi connectivity index (χ0v) is 16.2. The maximum atomic E-state index is 14.2. The van der Waals surface area contributed by atoms with Crippen molar-refractivity contribution in [2.75, 3.05) is 0 Å². The van der Waals surface area contributed by atoms with Gasteiger partial charge in [0.2, 0.25) is 0 Å². The van der Waals surface area contributed by atoms with Crippen LogP contribution in [0.2, 0.25) is 0 Å². The van der Waals surface area contributed by atoms with Crippen molar-refractivity contribution >= 4 is 0 Å². The predicted octanol–water partition coefficient (Wildman–Crippen LogP) is 6.41. The summed E-state index contributed by atoms with van der Waals surface area (Å²) < 4.78 is 27.5. The van der Waals surface area contributed by atoms with E-state index in [0.29, 0.717) is 5.69 Å². The van der Waals surface area contributed by atoms with Crippen LogP contribution in [0.3, 0.4) is 0 Å². The van der Waals surface area contributed by atoms with Crippen LogP contribution in [0.5, 0.6) is 0 Å². The van der Waals surface area contributed by atoms with Crippen LogP contribution in [0.15, 0.2) is 84.9 Å². The molecule has 0 spiro atoms. The number of benzene rings is 2. The molecule has 0 saturated carbocycles. The van der Waals surface area contributed by atoms with Crippen molar-refractivity contribution in [3.8, 4) is 22.5 Å². The summed E-state index contributed by atoms with van der Waals surface area (Å²) in [6, 6.07) is 24.9. The number of halogens is 2. The molecular formula is C25H20F2N2. The van der Waals surface area contributed by atoms with Gasteiger partial charge in [-0.15, -0.1) is 0 Å². The van der Waals surface area contributed by atoms with Crippen molar-refractivity contribution in [2.45, 2.75) is 19.3 Å². The molecule has 4 rings (SSSR count). The van der Waals surface area contributed by atoms with E-state index in [4.69, 9.17) is 4.98 Å². The standard InChI is InChI=1S/C25H20F2N2/c1-25(2,23-12-6-10-21(28-23)17-8-4-3-5-9-17)24-13-7-11-22(29-24)19-15-14-18(26)16-20(19)27/h3-16H,1-2H3. The molecular weight excluding hydrogens is 366 g/mol. The molecule has 2 heterocycles. The van der Waals surface area contributed by atoms with Crippen molar-refractivity contribution in [3.05, 3.63) is 108 Å². The average Bonchev–Trinajstić information content (AvgIpc) is 2.74. The lowest BCUT2D eigenvalue weighted by Crippen LogP contribution is -2.22. The van der Waals surface area contributed by atoms with Crippen LogP contribution < -0.4 is 0 Å². The summed E-state index contributed by atoms with van der Waals surface area (Å²) in [6.45, 7) is 4.08. The van der Waals surface area contributed by atoms with Crippen LogP contribution in [0.1, 0.15) is 25.2 Å². The lowest BCUT2D eigenvalue weighted by Gasteiger charge is -2.25. The monoisotopic (exact) mass is 386 g/mol. The van der Waals surface area contributed by atoms with Gasteiger partial charge in [-0.3, -0.25) is 9.97 Å². The number of hydrogen-bond acceptors (Lipinski definition) is 2. The van der Waals surface area contributed by atoms with Gasteiger partial charge in [-0.2, -0.15) is 0 Å². The summed E-state index contributed by atoms with van der Waals surface area (Å²) in [7, 11) is 0. The van der Waals surface area contributed by atoms with E-state index in [-0.39, 0.29) is 5.56 Å².